The number of unbranched alkanes of at least 4 members (excludes halogenated alkanes) is 1. The SMILES string of the molecule is CCCCC(CC)(CC(N)C(=O)O)CN1CCC(C)CC1. The van der Waals surface area contributed by atoms with Gasteiger partial charge in [0.1, 0.15) is 6.04 Å². The molecule has 124 valence electrons. The number of aliphatic carboxylic acids is 1. The van der Waals surface area contributed by atoms with E-state index in [4.69, 9.17) is 10.8 Å². The normalized spacial score (nSPS) is 21.9. The molecule has 4 nitrogen and oxygen atoms in total. The second-order valence-electron chi connectivity index (χ2n) is 7.06. The van der Waals surface area contributed by atoms with E-state index in [1.54, 1.807) is 0 Å². The molecule has 3 N–H and O–H groups in total. The Morgan fingerprint density at radius 3 is 2.48 bits per heavy atom. The van der Waals surface area contributed by atoms with Gasteiger partial charge < -0.3 is 15.7 Å². The van der Waals surface area contributed by atoms with Gasteiger partial charge in [0.2, 0.25) is 0 Å². The summed E-state index contributed by atoms with van der Waals surface area (Å²) in [6.07, 6.45) is 7.54. The lowest BCUT2D eigenvalue weighted by Crippen LogP contribution is -2.45. The Morgan fingerprint density at radius 2 is 2.00 bits per heavy atom. The van der Waals surface area contributed by atoms with Crippen LogP contribution in [-0.4, -0.2) is 41.7 Å². The Bertz CT molecular complexity index is 314. The molecule has 0 aromatic carbocycles. The molecule has 1 fully saturated rings. The maximum atomic E-state index is 11.2. The number of carboxylic acid groups (broad SMARTS) is 1. The molecular weight excluding hydrogens is 264 g/mol. The van der Waals surface area contributed by atoms with Crippen LogP contribution >= 0.6 is 0 Å². The summed E-state index contributed by atoms with van der Waals surface area (Å²) in [4.78, 5) is 13.7. The van der Waals surface area contributed by atoms with E-state index >= 15 is 0 Å². The lowest BCUT2D eigenvalue weighted by Gasteiger charge is -2.41. The van der Waals surface area contributed by atoms with Gasteiger partial charge >= 0.3 is 5.97 Å². The van der Waals surface area contributed by atoms with Crippen molar-refractivity contribution in [2.45, 2.75) is 71.8 Å². The van der Waals surface area contributed by atoms with Crippen molar-refractivity contribution in [2.24, 2.45) is 17.1 Å². The van der Waals surface area contributed by atoms with Gasteiger partial charge in [0.05, 0.1) is 0 Å². The molecular formula is C17H34N2O2. The van der Waals surface area contributed by atoms with E-state index < -0.39 is 12.0 Å². The molecule has 1 aliphatic heterocycles. The van der Waals surface area contributed by atoms with E-state index in [-0.39, 0.29) is 5.41 Å². The van der Waals surface area contributed by atoms with Crippen molar-refractivity contribution in [3.63, 3.8) is 0 Å². The van der Waals surface area contributed by atoms with Crippen LogP contribution in [0.5, 0.6) is 0 Å². The monoisotopic (exact) mass is 298 g/mol. The van der Waals surface area contributed by atoms with Crippen LogP contribution in [0.15, 0.2) is 0 Å². The predicted octanol–water partition coefficient (Wildman–Crippen LogP) is 3.11. The van der Waals surface area contributed by atoms with E-state index in [1.807, 2.05) is 0 Å². The molecule has 0 amide bonds. The van der Waals surface area contributed by atoms with E-state index in [0.29, 0.717) is 6.42 Å². The van der Waals surface area contributed by atoms with Crippen molar-refractivity contribution in [3.05, 3.63) is 0 Å². The molecule has 4 heteroatoms. The molecule has 0 aromatic rings. The lowest BCUT2D eigenvalue weighted by atomic mass is 9.74. The number of hydrogen-bond acceptors (Lipinski definition) is 3. The molecule has 1 rings (SSSR count). The highest BCUT2D eigenvalue weighted by atomic mass is 16.4. The van der Waals surface area contributed by atoms with Crippen molar-refractivity contribution >= 4 is 5.97 Å². The Kier molecular flexibility index (Phi) is 7.67. The Hall–Kier alpha value is -0.610. The highest BCUT2D eigenvalue weighted by Gasteiger charge is 2.34. The molecule has 0 radical (unpaired) electrons. The van der Waals surface area contributed by atoms with E-state index in [2.05, 4.69) is 25.7 Å². The zero-order chi connectivity index (χ0) is 15.9. The number of nitrogens with zero attached hydrogens (tertiary/aromatic N) is 1. The van der Waals surface area contributed by atoms with Gasteiger partial charge in [-0.1, -0.05) is 33.6 Å². The molecule has 0 bridgehead atoms. The topological polar surface area (TPSA) is 66.6 Å². The predicted molar refractivity (Wildman–Crippen MR) is 87.3 cm³/mol. The van der Waals surface area contributed by atoms with Gasteiger partial charge in [0.25, 0.3) is 0 Å². The van der Waals surface area contributed by atoms with Crippen LogP contribution in [0.4, 0.5) is 0 Å². The second kappa shape index (κ2) is 8.74. The molecule has 21 heavy (non-hydrogen) atoms. The van der Waals surface area contributed by atoms with Gasteiger partial charge in [-0.2, -0.15) is 0 Å². The molecule has 2 atom stereocenters. The van der Waals surface area contributed by atoms with Crippen molar-refractivity contribution in [1.29, 1.82) is 0 Å². The van der Waals surface area contributed by atoms with Crippen molar-refractivity contribution in [2.75, 3.05) is 19.6 Å². The summed E-state index contributed by atoms with van der Waals surface area (Å²) >= 11 is 0. The maximum Gasteiger partial charge on any atom is 0.320 e. The molecule has 0 aromatic heterocycles. The minimum Gasteiger partial charge on any atom is -0.480 e. The van der Waals surface area contributed by atoms with Gasteiger partial charge in [-0.25, -0.2) is 0 Å². The Morgan fingerprint density at radius 1 is 1.38 bits per heavy atom. The number of likely N-dealkylation sites (tertiary alicyclic amines) is 1. The van der Waals surface area contributed by atoms with E-state index in [0.717, 1.165) is 51.2 Å². The first-order valence-corrected chi connectivity index (χ1v) is 8.63. The van der Waals surface area contributed by atoms with Crippen LogP contribution < -0.4 is 5.73 Å². The summed E-state index contributed by atoms with van der Waals surface area (Å²) < 4.78 is 0. The zero-order valence-electron chi connectivity index (χ0n) is 14.1. The summed E-state index contributed by atoms with van der Waals surface area (Å²) in [7, 11) is 0. The lowest BCUT2D eigenvalue weighted by molar-refractivity contribution is -0.139. The molecule has 1 aliphatic rings. The van der Waals surface area contributed by atoms with Crippen LogP contribution in [0.2, 0.25) is 0 Å². The number of hydrogen-bond donors (Lipinski definition) is 2. The molecule has 2 unspecified atom stereocenters. The largest absolute Gasteiger partial charge is 0.480 e. The zero-order valence-corrected chi connectivity index (χ0v) is 14.1. The number of carboxylic acids is 1. The van der Waals surface area contributed by atoms with Crippen LogP contribution in [0.1, 0.15) is 65.7 Å². The standard InChI is InChI=1S/C17H34N2O2/c1-4-6-9-17(5-2,12-15(18)16(20)21)13-19-10-7-14(3)8-11-19/h14-15H,4-13,18H2,1-3H3,(H,20,21). The minimum absolute atomic E-state index is 0.0639. The summed E-state index contributed by atoms with van der Waals surface area (Å²) in [6.45, 7) is 10.0. The van der Waals surface area contributed by atoms with E-state index in [1.165, 1.54) is 12.8 Å². The minimum atomic E-state index is -0.864. The van der Waals surface area contributed by atoms with Crippen molar-refractivity contribution in [1.82, 2.24) is 4.90 Å². The van der Waals surface area contributed by atoms with Crippen molar-refractivity contribution in [3.8, 4) is 0 Å². The fourth-order valence-electron chi connectivity index (χ4n) is 3.48. The first-order valence-electron chi connectivity index (χ1n) is 8.63. The second-order valence-corrected chi connectivity index (χ2v) is 7.06. The molecule has 1 saturated heterocycles. The van der Waals surface area contributed by atoms with Gasteiger partial charge in [0, 0.05) is 6.54 Å². The van der Waals surface area contributed by atoms with Crippen LogP contribution in [0, 0.1) is 11.3 Å². The van der Waals surface area contributed by atoms with Gasteiger partial charge in [0.15, 0.2) is 0 Å². The third-order valence-corrected chi connectivity index (χ3v) is 5.22. The molecule has 0 aliphatic carbocycles. The van der Waals surface area contributed by atoms with Gasteiger partial charge in [-0.15, -0.1) is 0 Å². The van der Waals surface area contributed by atoms with Crippen LogP contribution in [-0.2, 0) is 4.79 Å². The highest BCUT2D eigenvalue weighted by Crippen LogP contribution is 2.36. The Labute approximate surface area is 130 Å². The third-order valence-electron chi connectivity index (χ3n) is 5.22. The first-order chi connectivity index (χ1) is 9.92. The summed E-state index contributed by atoms with van der Waals surface area (Å²) in [5.41, 5.74) is 5.92. The summed E-state index contributed by atoms with van der Waals surface area (Å²) in [5.74, 6) is -0.0363. The summed E-state index contributed by atoms with van der Waals surface area (Å²) in [5, 5.41) is 9.17. The molecule has 0 spiro atoms. The van der Waals surface area contributed by atoms with Crippen LogP contribution in [0.25, 0.3) is 0 Å². The number of carbonyl (C=O) groups is 1. The van der Waals surface area contributed by atoms with Gasteiger partial charge in [-0.3, -0.25) is 4.79 Å². The van der Waals surface area contributed by atoms with Crippen LogP contribution in [0.3, 0.4) is 0 Å². The Balaban J connectivity index is 2.71. The average molecular weight is 298 g/mol. The quantitative estimate of drug-likeness (QED) is 0.686. The number of rotatable bonds is 9. The number of piperidine rings is 1. The summed E-state index contributed by atoms with van der Waals surface area (Å²) in [6, 6.07) is -0.731. The molecule has 1 heterocycles. The fourth-order valence-corrected chi connectivity index (χ4v) is 3.48. The van der Waals surface area contributed by atoms with Crippen molar-refractivity contribution < 1.29 is 9.90 Å². The number of nitrogens with two attached hydrogens (primary N) is 1. The third kappa shape index (κ3) is 5.95. The maximum absolute atomic E-state index is 11.2. The first kappa shape index (κ1) is 18.4. The average Bonchev–Trinajstić information content (AvgIpc) is 2.47. The van der Waals surface area contributed by atoms with E-state index in [9.17, 15) is 4.79 Å². The smallest absolute Gasteiger partial charge is 0.320 e. The highest BCUT2D eigenvalue weighted by molar-refractivity contribution is 5.73. The molecule has 0 saturated carbocycles. The fraction of sp³-hybridized carbons (Fsp3) is 0.941. The van der Waals surface area contributed by atoms with Gasteiger partial charge in [-0.05, 0) is 56.5 Å².